The van der Waals surface area contributed by atoms with Gasteiger partial charge in [-0.15, -0.1) is 6.58 Å². The summed E-state index contributed by atoms with van der Waals surface area (Å²) in [6.45, 7) is 4.30. The number of rotatable bonds is 7. The summed E-state index contributed by atoms with van der Waals surface area (Å²) in [6, 6.07) is 3.55. The molecule has 0 spiro atoms. The monoisotopic (exact) mass is 348 g/mol. The van der Waals surface area contributed by atoms with Crippen molar-refractivity contribution in [2.45, 2.75) is 30.3 Å². The molecule has 1 aliphatic carbocycles. The SMILES string of the molecule is C=CCN(C)S(=O)(=O)c1cc(CNC2CC2)c(Cl)cc1Cl. The van der Waals surface area contributed by atoms with Crippen molar-refractivity contribution >= 4 is 33.2 Å². The molecule has 0 bridgehead atoms. The molecular formula is C14H18Cl2N2O2S. The number of hydrogen-bond acceptors (Lipinski definition) is 3. The van der Waals surface area contributed by atoms with E-state index in [-0.39, 0.29) is 16.5 Å². The van der Waals surface area contributed by atoms with Crippen molar-refractivity contribution in [1.82, 2.24) is 9.62 Å². The Hall–Kier alpha value is -0.590. The van der Waals surface area contributed by atoms with Crippen LogP contribution in [0.1, 0.15) is 18.4 Å². The summed E-state index contributed by atoms with van der Waals surface area (Å²) in [4.78, 5) is 0.0745. The van der Waals surface area contributed by atoms with Crippen LogP contribution >= 0.6 is 23.2 Å². The third-order valence-corrected chi connectivity index (χ3v) is 5.97. The highest BCUT2D eigenvalue weighted by atomic mass is 35.5. The van der Waals surface area contributed by atoms with Crippen molar-refractivity contribution in [1.29, 1.82) is 0 Å². The summed E-state index contributed by atoms with van der Waals surface area (Å²) in [5.74, 6) is 0. The third-order valence-electron chi connectivity index (χ3n) is 3.33. The molecule has 0 radical (unpaired) electrons. The van der Waals surface area contributed by atoms with E-state index in [2.05, 4.69) is 11.9 Å². The second-order valence-electron chi connectivity index (χ2n) is 5.10. The molecule has 1 fully saturated rings. The lowest BCUT2D eigenvalue weighted by molar-refractivity contribution is 0.499. The maximum absolute atomic E-state index is 12.5. The van der Waals surface area contributed by atoms with Gasteiger partial charge in [0.2, 0.25) is 10.0 Å². The lowest BCUT2D eigenvalue weighted by Gasteiger charge is -2.17. The Morgan fingerprint density at radius 3 is 2.62 bits per heavy atom. The molecule has 0 atom stereocenters. The number of hydrogen-bond donors (Lipinski definition) is 1. The van der Waals surface area contributed by atoms with E-state index < -0.39 is 10.0 Å². The summed E-state index contributed by atoms with van der Waals surface area (Å²) >= 11 is 12.2. The lowest BCUT2D eigenvalue weighted by atomic mass is 10.2. The van der Waals surface area contributed by atoms with E-state index in [1.165, 1.54) is 23.5 Å². The Morgan fingerprint density at radius 1 is 1.38 bits per heavy atom. The number of nitrogens with one attached hydrogen (secondary N) is 1. The molecule has 0 unspecified atom stereocenters. The molecule has 1 aromatic rings. The molecule has 7 heteroatoms. The first-order valence-electron chi connectivity index (χ1n) is 6.64. The van der Waals surface area contributed by atoms with Crippen molar-refractivity contribution in [2.75, 3.05) is 13.6 Å². The molecular weight excluding hydrogens is 331 g/mol. The van der Waals surface area contributed by atoms with Crippen molar-refractivity contribution in [3.63, 3.8) is 0 Å². The standard InChI is InChI=1S/C14H18Cl2N2O2S/c1-3-6-18(2)21(19,20)14-7-10(9-17-11-4-5-11)12(15)8-13(14)16/h3,7-8,11,17H,1,4-6,9H2,2H3. The zero-order valence-corrected chi connectivity index (χ0v) is 14.1. The van der Waals surface area contributed by atoms with Gasteiger partial charge < -0.3 is 5.32 Å². The Kier molecular flexibility index (Phi) is 5.33. The van der Waals surface area contributed by atoms with Gasteiger partial charge in [-0.05, 0) is 30.5 Å². The summed E-state index contributed by atoms with van der Waals surface area (Å²) in [5.41, 5.74) is 0.735. The summed E-state index contributed by atoms with van der Waals surface area (Å²) < 4.78 is 26.2. The van der Waals surface area contributed by atoms with Crippen LogP contribution in [0.2, 0.25) is 10.0 Å². The van der Waals surface area contributed by atoms with Crippen LogP contribution in [-0.2, 0) is 16.6 Å². The zero-order chi connectivity index (χ0) is 15.6. The van der Waals surface area contributed by atoms with Crippen LogP contribution in [0.25, 0.3) is 0 Å². The average Bonchev–Trinajstić information content (AvgIpc) is 3.21. The predicted molar refractivity (Wildman–Crippen MR) is 86.3 cm³/mol. The molecule has 116 valence electrons. The fourth-order valence-corrected chi connectivity index (χ4v) is 3.87. The van der Waals surface area contributed by atoms with Gasteiger partial charge in [-0.1, -0.05) is 29.3 Å². The average molecular weight is 349 g/mol. The molecule has 4 nitrogen and oxygen atoms in total. The van der Waals surface area contributed by atoms with E-state index in [9.17, 15) is 8.42 Å². The third kappa shape index (κ3) is 3.99. The highest BCUT2D eigenvalue weighted by molar-refractivity contribution is 7.89. The summed E-state index contributed by atoms with van der Waals surface area (Å²) in [5, 5.41) is 3.92. The number of nitrogens with zero attached hydrogens (tertiary/aromatic N) is 1. The van der Waals surface area contributed by atoms with E-state index in [1.54, 1.807) is 6.07 Å². The largest absolute Gasteiger partial charge is 0.310 e. The molecule has 1 N–H and O–H groups in total. The van der Waals surface area contributed by atoms with E-state index in [4.69, 9.17) is 23.2 Å². The van der Waals surface area contributed by atoms with Gasteiger partial charge in [0, 0.05) is 31.2 Å². The van der Waals surface area contributed by atoms with Gasteiger partial charge >= 0.3 is 0 Å². The first kappa shape index (κ1) is 16.8. The second kappa shape index (κ2) is 6.67. The normalized spacial score (nSPS) is 15.4. The number of halogens is 2. The van der Waals surface area contributed by atoms with Gasteiger partial charge in [0.1, 0.15) is 4.90 Å². The molecule has 21 heavy (non-hydrogen) atoms. The van der Waals surface area contributed by atoms with Crippen molar-refractivity contribution < 1.29 is 8.42 Å². The highest BCUT2D eigenvalue weighted by Gasteiger charge is 2.25. The second-order valence-corrected chi connectivity index (χ2v) is 7.93. The van der Waals surface area contributed by atoms with Crippen molar-refractivity contribution in [3.8, 4) is 0 Å². The minimum absolute atomic E-state index is 0.0745. The van der Waals surface area contributed by atoms with Gasteiger partial charge in [-0.25, -0.2) is 8.42 Å². The van der Waals surface area contributed by atoms with E-state index >= 15 is 0 Å². The Bertz CT molecular complexity index is 643. The van der Waals surface area contributed by atoms with Gasteiger partial charge in [0.25, 0.3) is 0 Å². The van der Waals surface area contributed by atoms with Gasteiger partial charge in [0.05, 0.1) is 5.02 Å². The summed E-state index contributed by atoms with van der Waals surface area (Å²) in [7, 11) is -2.16. The van der Waals surface area contributed by atoms with E-state index in [0.29, 0.717) is 17.6 Å². The van der Waals surface area contributed by atoms with Gasteiger partial charge in [-0.2, -0.15) is 4.31 Å². The molecule has 0 heterocycles. The van der Waals surface area contributed by atoms with Gasteiger partial charge in [-0.3, -0.25) is 0 Å². The lowest BCUT2D eigenvalue weighted by Crippen LogP contribution is -2.27. The smallest absolute Gasteiger partial charge is 0.244 e. The Balaban J connectivity index is 2.33. The first-order valence-corrected chi connectivity index (χ1v) is 8.84. The number of sulfonamides is 1. The summed E-state index contributed by atoms with van der Waals surface area (Å²) in [6.07, 6.45) is 3.83. The van der Waals surface area contributed by atoms with E-state index in [1.807, 2.05) is 0 Å². The van der Waals surface area contributed by atoms with Gasteiger partial charge in [0.15, 0.2) is 0 Å². The van der Waals surface area contributed by atoms with Crippen LogP contribution in [0.3, 0.4) is 0 Å². The molecule has 0 amide bonds. The van der Waals surface area contributed by atoms with Crippen LogP contribution in [0.15, 0.2) is 29.7 Å². The fraction of sp³-hybridized carbons (Fsp3) is 0.429. The molecule has 1 aromatic carbocycles. The molecule has 1 aliphatic rings. The maximum atomic E-state index is 12.5. The first-order chi connectivity index (χ1) is 9.86. The van der Waals surface area contributed by atoms with Crippen LogP contribution in [0.4, 0.5) is 0 Å². The Labute approximate surface area is 135 Å². The molecule has 0 saturated heterocycles. The van der Waals surface area contributed by atoms with Crippen LogP contribution in [0.5, 0.6) is 0 Å². The van der Waals surface area contributed by atoms with Crippen LogP contribution < -0.4 is 5.32 Å². The van der Waals surface area contributed by atoms with Crippen molar-refractivity contribution in [3.05, 3.63) is 40.4 Å². The minimum Gasteiger partial charge on any atom is -0.310 e. The van der Waals surface area contributed by atoms with Crippen LogP contribution in [0, 0.1) is 0 Å². The molecule has 0 aliphatic heterocycles. The maximum Gasteiger partial charge on any atom is 0.244 e. The molecule has 0 aromatic heterocycles. The number of likely N-dealkylation sites (N-methyl/N-ethyl adjacent to an activating group) is 1. The number of benzene rings is 1. The molecule has 1 saturated carbocycles. The highest BCUT2D eigenvalue weighted by Crippen LogP contribution is 2.31. The van der Waals surface area contributed by atoms with Crippen molar-refractivity contribution in [2.24, 2.45) is 0 Å². The Morgan fingerprint density at radius 2 is 2.05 bits per heavy atom. The minimum atomic E-state index is -3.65. The van der Waals surface area contributed by atoms with E-state index in [0.717, 1.165) is 18.4 Å². The predicted octanol–water partition coefficient (Wildman–Crippen LogP) is 3.05. The molecule has 2 rings (SSSR count). The zero-order valence-electron chi connectivity index (χ0n) is 11.8. The topological polar surface area (TPSA) is 49.4 Å². The van der Waals surface area contributed by atoms with Crippen LogP contribution in [-0.4, -0.2) is 32.4 Å². The quantitative estimate of drug-likeness (QED) is 0.770. The fourth-order valence-electron chi connectivity index (χ4n) is 1.89.